The van der Waals surface area contributed by atoms with Gasteiger partial charge in [-0.3, -0.25) is 4.79 Å². The fraction of sp³-hybridized carbons (Fsp3) is 0.211. The van der Waals surface area contributed by atoms with Gasteiger partial charge < -0.3 is 14.5 Å². The largest absolute Gasteiger partial charge is 0.448 e. The number of fused-ring (bicyclic) bond motifs is 1. The lowest BCUT2D eigenvalue weighted by Gasteiger charge is -2.19. The molecular formula is C19H17Cl2N3O3. The molecule has 2 heterocycles. The maximum atomic E-state index is 12.4. The van der Waals surface area contributed by atoms with Gasteiger partial charge in [-0.15, -0.1) is 0 Å². The number of pyridine rings is 1. The van der Waals surface area contributed by atoms with E-state index in [0.717, 1.165) is 0 Å². The van der Waals surface area contributed by atoms with Crippen molar-refractivity contribution in [3.8, 4) is 0 Å². The van der Waals surface area contributed by atoms with Gasteiger partial charge in [-0.05, 0) is 43.7 Å². The monoisotopic (exact) mass is 405 g/mol. The van der Waals surface area contributed by atoms with Crippen LogP contribution >= 0.6 is 23.2 Å². The third-order valence-electron chi connectivity index (χ3n) is 4.01. The predicted octanol–water partition coefficient (Wildman–Crippen LogP) is 4.06. The number of rotatable bonds is 5. The Balaban J connectivity index is 1.63. The molecule has 8 heteroatoms. The van der Waals surface area contributed by atoms with Gasteiger partial charge in [0, 0.05) is 22.4 Å². The first-order valence-electron chi connectivity index (χ1n) is 8.25. The summed E-state index contributed by atoms with van der Waals surface area (Å²) >= 11 is 12.0. The van der Waals surface area contributed by atoms with Gasteiger partial charge in [-0.25, -0.2) is 9.78 Å². The Morgan fingerprint density at radius 3 is 2.67 bits per heavy atom. The van der Waals surface area contributed by atoms with Gasteiger partial charge in [0.15, 0.2) is 11.8 Å². The number of carbonyl (C=O) groups excluding carboxylic acids is 2. The van der Waals surface area contributed by atoms with Crippen LogP contribution in [0.2, 0.25) is 10.0 Å². The van der Waals surface area contributed by atoms with Crippen LogP contribution in [0.3, 0.4) is 0 Å². The summed E-state index contributed by atoms with van der Waals surface area (Å²) in [5.41, 5.74) is 1.47. The summed E-state index contributed by atoms with van der Waals surface area (Å²) < 4.78 is 6.93. The summed E-state index contributed by atoms with van der Waals surface area (Å²) in [6.07, 6.45) is 2.33. The molecule has 1 amide bonds. The molecule has 140 valence electrons. The Morgan fingerprint density at radius 2 is 1.96 bits per heavy atom. The standard InChI is InChI=1S/C19H17Cl2N3O3/c1-11(14-7-6-13(20)9-15(14)21)22-18(25)12(2)27-19(26)16-10-24-8-4-3-5-17(24)23-16/h3-12H,1-2H3,(H,22,25)/t11-,12+/m0/s1. The van der Waals surface area contributed by atoms with Crippen LogP contribution in [0.15, 0.2) is 48.8 Å². The van der Waals surface area contributed by atoms with E-state index in [0.29, 0.717) is 21.3 Å². The molecule has 1 N–H and O–H groups in total. The summed E-state index contributed by atoms with van der Waals surface area (Å²) in [6, 6.07) is 10.1. The fourth-order valence-corrected chi connectivity index (χ4v) is 3.14. The van der Waals surface area contributed by atoms with E-state index in [1.807, 2.05) is 12.1 Å². The lowest BCUT2D eigenvalue weighted by atomic mass is 10.1. The number of amides is 1. The SMILES string of the molecule is C[C@H](NC(=O)[C@@H](C)OC(=O)c1cn2ccccc2n1)c1ccc(Cl)cc1Cl. The third kappa shape index (κ3) is 4.40. The first kappa shape index (κ1) is 19.2. The Bertz CT molecular complexity index is 970. The van der Waals surface area contributed by atoms with Crippen LogP contribution in [-0.2, 0) is 9.53 Å². The minimum Gasteiger partial charge on any atom is -0.448 e. The van der Waals surface area contributed by atoms with Crippen LogP contribution in [0.4, 0.5) is 0 Å². The van der Waals surface area contributed by atoms with E-state index in [1.165, 1.54) is 6.92 Å². The highest BCUT2D eigenvalue weighted by atomic mass is 35.5. The van der Waals surface area contributed by atoms with E-state index in [4.69, 9.17) is 27.9 Å². The Hall–Kier alpha value is -2.57. The van der Waals surface area contributed by atoms with Crippen molar-refractivity contribution in [2.24, 2.45) is 0 Å². The van der Waals surface area contributed by atoms with Crippen molar-refractivity contribution in [1.82, 2.24) is 14.7 Å². The van der Waals surface area contributed by atoms with E-state index >= 15 is 0 Å². The van der Waals surface area contributed by atoms with Crippen LogP contribution in [0.5, 0.6) is 0 Å². The van der Waals surface area contributed by atoms with Crippen LogP contribution in [0.25, 0.3) is 5.65 Å². The average Bonchev–Trinajstić information content (AvgIpc) is 3.05. The summed E-state index contributed by atoms with van der Waals surface area (Å²) in [6.45, 7) is 3.28. The molecule has 6 nitrogen and oxygen atoms in total. The number of imidazole rings is 1. The average molecular weight is 406 g/mol. The van der Waals surface area contributed by atoms with Crippen molar-refractivity contribution >= 4 is 40.7 Å². The zero-order chi connectivity index (χ0) is 19.6. The number of halogens is 2. The highest BCUT2D eigenvalue weighted by Gasteiger charge is 2.23. The smallest absolute Gasteiger partial charge is 0.359 e. The quantitative estimate of drug-likeness (QED) is 0.649. The zero-order valence-corrected chi connectivity index (χ0v) is 16.2. The van der Waals surface area contributed by atoms with Gasteiger partial charge in [-0.2, -0.15) is 0 Å². The molecule has 3 aromatic rings. The van der Waals surface area contributed by atoms with Gasteiger partial charge in [-0.1, -0.05) is 35.3 Å². The number of carbonyl (C=O) groups is 2. The molecule has 2 aromatic heterocycles. The minimum atomic E-state index is -0.990. The van der Waals surface area contributed by atoms with Crippen molar-refractivity contribution in [2.75, 3.05) is 0 Å². The first-order valence-corrected chi connectivity index (χ1v) is 9.01. The van der Waals surface area contributed by atoms with Crippen LogP contribution in [-0.4, -0.2) is 27.4 Å². The minimum absolute atomic E-state index is 0.134. The molecule has 0 saturated heterocycles. The second-order valence-corrected chi connectivity index (χ2v) is 6.88. The second kappa shape index (κ2) is 7.98. The molecule has 0 saturated carbocycles. The molecule has 0 bridgehead atoms. The van der Waals surface area contributed by atoms with Crippen molar-refractivity contribution in [1.29, 1.82) is 0 Å². The number of nitrogens with zero attached hydrogens (tertiary/aromatic N) is 2. The number of ether oxygens (including phenoxy) is 1. The van der Waals surface area contributed by atoms with E-state index in [2.05, 4.69) is 10.3 Å². The number of esters is 1. The van der Waals surface area contributed by atoms with E-state index in [9.17, 15) is 9.59 Å². The molecule has 1 aromatic carbocycles. The maximum absolute atomic E-state index is 12.4. The number of aromatic nitrogens is 2. The predicted molar refractivity (Wildman–Crippen MR) is 103 cm³/mol. The van der Waals surface area contributed by atoms with E-state index in [1.54, 1.807) is 48.0 Å². The van der Waals surface area contributed by atoms with Gasteiger partial charge in [0.1, 0.15) is 5.65 Å². The summed E-state index contributed by atoms with van der Waals surface area (Å²) in [5, 5.41) is 3.73. The molecule has 3 rings (SSSR count). The lowest BCUT2D eigenvalue weighted by molar-refractivity contribution is -0.129. The van der Waals surface area contributed by atoms with Crippen LogP contribution in [0, 0.1) is 0 Å². The number of hydrogen-bond acceptors (Lipinski definition) is 4. The van der Waals surface area contributed by atoms with Crippen LogP contribution in [0.1, 0.15) is 35.9 Å². The molecule has 0 aliphatic carbocycles. The van der Waals surface area contributed by atoms with Crippen molar-refractivity contribution < 1.29 is 14.3 Å². The molecule has 0 aliphatic heterocycles. The summed E-state index contributed by atoms with van der Waals surface area (Å²) in [4.78, 5) is 28.8. The van der Waals surface area contributed by atoms with Gasteiger partial charge >= 0.3 is 5.97 Å². The number of nitrogens with one attached hydrogen (secondary N) is 1. The Kier molecular flexibility index (Phi) is 5.68. The van der Waals surface area contributed by atoms with E-state index in [-0.39, 0.29) is 11.7 Å². The van der Waals surface area contributed by atoms with Gasteiger partial charge in [0.25, 0.3) is 5.91 Å². The second-order valence-electron chi connectivity index (χ2n) is 6.04. The van der Waals surface area contributed by atoms with Gasteiger partial charge in [0.2, 0.25) is 0 Å². The van der Waals surface area contributed by atoms with E-state index < -0.39 is 18.0 Å². The fourth-order valence-electron chi connectivity index (χ4n) is 2.57. The molecular weight excluding hydrogens is 389 g/mol. The highest BCUT2D eigenvalue weighted by Crippen LogP contribution is 2.26. The molecule has 0 fully saturated rings. The molecule has 0 aliphatic rings. The van der Waals surface area contributed by atoms with Crippen molar-refractivity contribution in [3.05, 3.63) is 70.1 Å². The Labute approximate surface area is 166 Å². The first-order chi connectivity index (χ1) is 12.8. The summed E-state index contributed by atoms with van der Waals surface area (Å²) in [5.74, 6) is -1.11. The normalized spacial score (nSPS) is 13.2. The van der Waals surface area contributed by atoms with Crippen molar-refractivity contribution in [2.45, 2.75) is 26.0 Å². The highest BCUT2D eigenvalue weighted by molar-refractivity contribution is 6.35. The number of benzene rings is 1. The van der Waals surface area contributed by atoms with Crippen LogP contribution < -0.4 is 5.32 Å². The molecule has 2 atom stereocenters. The molecule has 0 unspecified atom stereocenters. The maximum Gasteiger partial charge on any atom is 0.359 e. The van der Waals surface area contributed by atoms with Crippen molar-refractivity contribution in [3.63, 3.8) is 0 Å². The number of hydrogen-bond donors (Lipinski definition) is 1. The third-order valence-corrected chi connectivity index (χ3v) is 4.58. The Morgan fingerprint density at radius 1 is 1.19 bits per heavy atom. The molecule has 27 heavy (non-hydrogen) atoms. The topological polar surface area (TPSA) is 72.7 Å². The molecule has 0 radical (unpaired) electrons. The van der Waals surface area contributed by atoms with Gasteiger partial charge in [0.05, 0.1) is 6.04 Å². The zero-order valence-electron chi connectivity index (χ0n) is 14.6. The molecule has 0 spiro atoms. The summed E-state index contributed by atoms with van der Waals surface area (Å²) in [7, 11) is 0. The lowest BCUT2D eigenvalue weighted by Crippen LogP contribution is -2.37.